The van der Waals surface area contributed by atoms with Crippen LogP contribution in [0.15, 0.2) is 48.5 Å². The summed E-state index contributed by atoms with van der Waals surface area (Å²) in [5, 5.41) is 10.9. The van der Waals surface area contributed by atoms with Crippen molar-refractivity contribution in [3.8, 4) is 0 Å². The molecule has 2 aromatic carbocycles. The van der Waals surface area contributed by atoms with Gasteiger partial charge in [0.1, 0.15) is 11.9 Å². The van der Waals surface area contributed by atoms with Crippen molar-refractivity contribution in [1.29, 1.82) is 0 Å². The number of carbonyl (C=O) groups excluding carboxylic acids is 1. The lowest BCUT2D eigenvalue weighted by Crippen LogP contribution is -2.21. The van der Waals surface area contributed by atoms with Gasteiger partial charge in [-0.25, -0.2) is 9.07 Å². The Morgan fingerprint density at radius 2 is 1.96 bits per heavy atom. The number of halogens is 3. The van der Waals surface area contributed by atoms with E-state index in [9.17, 15) is 9.18 Å². The summed E-state index contributed by atoms with van der Waals surface area (Å²) in [5.74, 6) is -0.318. The van der Waals surface area contributed by atoms with Gasteiger partial charge in [0.15, 0.2) is 0 Å². The molecule has 1 atom stereocenters. The molecule has 2 N–H and O–H groups in total. The lowest BCUT2D eigenvalue weighted by atomic mass is 10.0. The molecule has 0 fully saturated rings. The van der Waals surface area contributed by atoms with Crippen LogP contribution in [0.5, 0.6) is 0 Å². The number of aromatic nitrogens is 3. The Kier molecular flexibility index (Phi) is 4.78. The average Bonchev–Trinajstić information content (AvgIpc) is 3.03. The van der Waals surface area contributed by atoms with E-state index in [1.165, 1.54) is 23.7 Å². The number of hydrogen-bond acceptors (Lipinski definition) is 4. The monoisotopic (exact) mass is 417 g/mol. The highest BCUT2D eigenvalue weighted by Crippen LogP contribution is 2.37. The van der Waals surface area contributed by atoms with Crippen LogP contribution in [0.25, 0.3) is 5.70 Å². The molecule has 2 heterocycles. The van der Waals surface area contributed by atoms with E-state index >= 15 is 0 Å². The predicted molar refractivity (Wildman–Crippen MR) is 107 cm³/mol. The van der Waals surface area contributed by atoms with Crippen LogP contribution in [0.3, 0.4) is 0 Å². The standard InChI is InChI=1S/C19H14Cl2FN5O/c1-10(28)23-18-25-19-24-15(11-5-7-12(20)8-6-11)9-16(27(19)26-18)17-13(21)3-2-4-14(17)22/h2-9,16H,1H3,(H2,23,24,25,26,28)/t16-/m1/s1. The predicted octanol–water partition coefficient (Wildman–Crippen LogP) is 4.74. The second-order valence-electron chi connectivity index (χ2n) is 6.18. The Bertz CT molecular complexity index is 1070. The topological polar surface area (TPSA) is 71.8 Å². The maximum Gasteiger partial charge on any atom is 0.250 e. The Morgan fingerprint density at radius 3 is 2.64 bits per heavy atom. The van der Waals surface area contributed by atoms with Gasteiger partial charge in [0.25, 0.3) is 5.95 Å². The van der Waals surface area contributed by atoms with E-state index in [4.69, 9.17) is 23.2 Å². The number of nitrogens with one attached hydrogen (secondary N) is 2. The third kappa shape index (κ3) is 3.46. The van der Waals surface area contributed by atoms with Crippen molar-refractivity contribution < 1.29 is 9.18 Å². The second-order valence-corrected chi connectivity index (χ2v) is 7.02. The molecule has 1 amide bonds. The molecule has 28 heavy (non-hydrogen) atoms. The molecule has 1 aliphatic rings. The maximum absolute atomic E-state index is 14.6. The Balaban J connectivity index is 1.86. The van der Waals surface area contributed by atoms with Crippen LogP contribution in [0.4, 0.5) is 16.3 Å². The van der Waals surface area contributed by atoms with E-state index in [0.29, 0.717) is 16.7 Å². The quantitative estimate of drug-likeness (QED) is 0.645. The molecule has 0 bridgehead atoms. The third-order valence-corrected chi connectivity index (χ3v) is 4.79. The first kappa shape index (κ1) is 18.5. The molecule has 0 spiro atoms. The van der Waals surface area contributed by atoms with Crippen molar-refractivity contribution in [2.24, 2.45) is 0 Å². The van der Waals surface area contributed by atoms with E-state index in [1.54, 1.807) is 24.3 Å². The first-order valence-electron chi connectivity index (χ1n) is 8.35. The van der Waals surface area contributed by atoms with Gasteiger partial charge in [0.05, 0.1) is 0 Å². The summed E-state index contributed by atoms with van der Waals surface area (Å²) < 4.78 is 16.1. The highest BCUT2D eigenvalue weighted by Gasteiger charge is 2.29. The first-order valence-corrected chi connectivity index (χ1v) is 9.11. The van der Waals surface area contributed by atoms with Crippen LogP contribution >= 0.6 is 23.2 Å². The van der Waals surface area contributed by atoms with Crippen molar-refractivity contribution >= 4 is 46.7 Å². The number of hydrogen-bond donors (Lipinski definition) is 2. The summed E-state index contributed by atoms with van der Waals surface area (Å²) in [4.78, 5) is 15.7. The van der Waals surface area contributed by atoms with Gasteiger partial charge in [-0.3, -0.25) is 10.1 Å². The number of nitrogens with zero attached hydrogens (tertiary/aromatic N) is 3. The molecule has 0 aliphatic carbocycles. The molecule has 1 aliphatic heterocycles. The Hall–Kier alpha value is -2.90. The van der Waals surface area contributed by atoms with E-state index in [2.05, 4.69) is 20.7 Å². The molecule has 142 valence electrons. The molecule has 0 saturated carbocycles. The minimum atomic E-state index is -0.661. The van der Waals surface area contributed by atoms with E-state index in [0.717, 1.165) is 5.56 Å². The lowest BCUT2D eigenvalue weighted by molar-refractivity contribution is -0.114. The van der Waals surface area contributed by atoms with Gasteiger partial charge in [-0.15, -0.1) is 5.10 Å². The number of amides is 1. The minimum absolute atomic E-state index is 0.109. The number of fused-ring (bicyclic) bond motifs is 1. The fourth-order valence-corrected chi connectivity index (χ4v) is 3.40. The van der Waals surface area contributed by atoms with Crippen molar-refractivity contribution in [3.05, 3.63) is 75.5 Å². The van der Waals surface area contributed by atoms with E-state index in [-0.39, 0.29) is 22.4 Å². The van der Waals surface area contributed by atoms with Gasteiger partial charge >= 0.3 is 0 Å². The van der Waals surface area contributed by atoms with E-state index < -0.39 is 11.9 Å². The largest absolute Gasteiger partial charge is 0.324 e. The van der Waals surface area contributed by atoms with Crippen LogP contribution < -0.4 is 10.6 Å². The maximum atomic E-state index is 14.6. The molecule has 0 radical (unpaired) electrons. The van der Waals surface area contributed by atoms with Crippen LogP contribution in [-0.2, 0) is 4.79 Å². The smallest absolute Gasteiger partial charge is 0.250 e. The summed E-state index contributed by atoms with van der Waals surface area (Å²) in [5.41, 5.74) is 1.78. The number of benzene rings is 2. The minimum Gasteiger partial charge on any atom is -0.324 e. The number of anilines is 2. The van der Waals surface area contributed by atoms with Crippen molar-refractivity contribution in [2.75, 3.05) is 10.6 Å². The fourth-order valence-electron chi connectivity index (χ4n) is 3.00. The molecular formula is C19H14Cl2FN5O. The number of allylic oxidation sites excluding steroid dienone is 1. The van der Waals surface area contributed by atoms with Gasteiger partial charge in [-0.2, -0.15) is 4.98 Å². The van der Waals surface area contributed by atoms with Crippen LogP contribution in [0.2, 0.25) is 10.0 Å². The van der Waals surface area contributed by atoms with Gasteiger partial charge in [-0.1, -0.05) is 41.4 Å². The zero-order chi connectivity index (χ0) is 19.8. The molecule has 1 aromatic heterocycles. The highest BCUT2D eigenvalue weighted by molar-refractivity contribution is 6.31. The summed E-state index contributed by atoms with van der Waals surface area (Å²) in [6.07, 6.45) is 1.80. The molecule has 0 unspecified atom stereocenters. The molecule has 9 heteroatoms. The van der Waals surface area contributed by atoms with Crippen molar-refractivity contribution in [3.63, 3.8) is 0 Å². The average molecular weight is 418 g/mol. The Morgan fingerprint density at radius 1 is 1.21 bits per heavy atom. The van der Waals surface area contributed by atoms with E-state index in [1.807, 2.05) is 12.1 Å². The zero-order valence-corrected chi connectivity index (χ0v) is 16.1. The lowest BCUT2D eigenvalue weighted by Gasteiger charge is -2.25. The van der Waals surface area contributed by atoms with Gasteiger partial charge in [-0.05, 0) is 35.9 Å². The molecular weight excluding hydrogens is 404 g/mol. The van der Waals surface area contributed by atoms with Crippen LogP contribution in [-0.4, -0.2) is 20.7 Å². The summed E-state index contributed by atoms with van der Waals surface area (Å²) in [6.45, 7) is 1.36. The van der Waals surface area contributed by atoms with Crippen molar-refractivity contribution in [2.45, 2.75) is 13.0 Å². The molecule has 3 aromatic rings. The first-order chi connectivity index (χ1) is 13.4. The summed E-state index contributed by atoms with van der Waals surface area (Å²) in [7, 11) is 0. The van der Waals surface area contributed by atoms with Gasteiger partial charge in [0, 0.05) is 28.2 Å². The van der Waals surface area contributed by atoms with Crippen LogP contribution in [0, 0.1) is 5.82 Å². The molecule has 0 saturated heterocycles. The number of carbonyl (C=O) groups is 1. The van der Waals surface area contributed by atoms with Gasteiger partial charge in [0.2, 0.25) is 11.9 Å². The Labute approximate surface area is 170 Å². The summed E-state index contributed by atoms with van der Waals surface area (Å²) in [6, 6.07) is 11.0. The number of rotatable bonds is 3. The van der Waals surface area contributed by atoms with Crippen LogP contribution in [0.1, 0.15) is 24.1 Å². The molecule has 4 rings (SSSR count). The SMILES string of the molecule is CC(=O)Nc1nc2n(n1)[C@@H](c1c(F)cccc1Cl)C=C(c1ccc(Cl)cc1)N2. The van der Waals surface area contributed by atoms with Gasteiger partial charge < -0.3 is 5.32 Å². The summed E-state index contributed by atoms with van der Waals surface area (Å²) >= 11 is 12.3. The highest BCUT2D eigenvalue weighted by atomic mass is 35.5. The fraction of sp³-hybridized carbons (Fsp3) is 0.105. The third-order valence-electron chi connectivity index (χ3n) is 4.20. The normalized spacial score (nSPS) is 15.4. The zero-order valence-electron chi connectivity index (χ0n) is 14.6. The second kappa shape index (κ2) is 7.26. The van der Waals surface area contributed by atoms with Crippen molar-refractivity contribution in [1.82, 2.24) is 14.8 Å². The molecule has 6 nitrogen and oxygen atoms in total.